The molecule has 5 N–H and O–H groups in total. The molecule has 3 aromatic carbocycles. The number of nitrogens with one attached hydrogen (secondary N) is 4. The number of hydrogen-bond acceptors (Lipinski definition) is 6. The minimum absolute atomic E-state index is 0.251. The zero-order chi connectivity index (χ0) is 29.4. The summed E-state index contributed by atoms with van der Waals surface area (Å²) in [5.74, 6) is -1.80. The molecule has 0 spiro atoms. The van der Waals surface area contributed by atoms with Crippen LogP contribution in [0.2, 0.25) is 5.02 Å². The third kappa shape index (κ3) is 8.57. The Labute approximate surface area is 237 Å². The maximum Gasteiger partial charge on any atom is 0.490 e. The number of carboxylic acids is 1. The van der Waals surface area contributed by atoms with Crippen LogP contribution in [0.4, 0.5) is 46.8 Å². The number of rotatable bonds is 3. The molecule has 6 bridgehead atoms. The van der Waals surface area contributed by atoms with E-state index in [2.05, 4.69) is 43.4 Å². The Kier molecular flexibility index (Phi) is 9.25. The highest BCUT2D eigenvalue weighted by Gasteiger charge is 2.38. The molecular formula is C28H24ClF3N6O3. The van der Waals surface area contributed by atoms with Crippen molar-refractivity contribution < 1.29 is 27.9 Å². The van der Waals surface area contributed by atoms with Crippen LogP contribution in [0.1, 0.15) is 16.7 Å². The molecule has 4 aromatic rings. The first-order chi connectivity index (χ1) is 19.6. The van der Waals surface area contributed by atoms with Gasteiger partial charge in [-0.1, -0.05) is 54.1 Å². The average Bonchev–Trinajstić information content (AvgIpc) is 2.94. The van der Waals surface area contributed by atoms with Crippen molar-refractivity contribution in [2.24, 2.45) is 0 Å². The second kappa shape index (κ2) is 13.0. The number of aryl methyl sites for hydroxylation is 2. The Morgan fingerprint density at radius 3 is 2.41 bits per heavy atom. The Morgan fingerprint density at radius 2 is 1.68 bits per heavy atom. The van der Waals surface area contributed by atoms with Crippen molar-refractivity contribution in [2.75, 3.05) is 16.0 Å². The highest BCUT2D eigenvalue weighted by atomic mass is 35.5. The van der Waals surface area contributed by atoms with Gasteiger partial charge in [-0.15, -0.1) is 0 Å². The van der Waals surface area contributed by atoms with E-state index in [4.69, 9.17) is 21.5 Å². The van der Waals surface area contributed by atoms with E-state index in [0.717, 1.165) is 46.6 Å². The van der Waals surface area contributed by atoms with Crippen molar-refractivity contribution >= 4 is 52.4 Å². The quantitative estimate of drug-likeness (QED) is 0.182. The molecular weight excluding hydrogens is 561 g/mol. The average molecular weight is 585 g/mol. The lowest BCUT2D eigenvalue weighted by Crippen LogP contribution is -2.28. The smallest absolute Gasteiger partial charge is 0.475 e. The number of benzene rings is 3. The van der Waals surface area contributed by atoms with Crippen molar-refractivity contribution in [1.82, 2.24) is 15.3 Å². The molecule has 212 valence electrons. The molecule has 0 radical (unpaired) electrons. The second-order valence-corrected chi connectivity index (χ2v) is 9.22. The summed E-state index contributed by atoms with van der Waals surface area (Å²) in [5, 5.41) is 20.0. The van der Waals surface area contributed by atoms with Gasteiger partial charge in [0.2, 0.25) is 5.95 Å². The Hall–Kier alpha value is -4.84. The van der Waals surface area contributed by atoms with Crippen LogP contribution in [0.3, 0.4) is 0 Å². The lowest BCUT2D eigenvalue weighted by Gasteiger charge is -2.15. The summed E-state index contributed by atoms with van der Waals surface area (Å²) in [4.78, 5) is 30.3. The molecule has 0 saturated heterocycles. The summed E-state index contributed by atoms with van der Waals surface area (Å²) in [6.45, 7) is 0.454. The predicted molar refractivity (Wildman–Crippen MR) is 150 cm³/mol. The van der Waals surface area contributed by atoms with E-state index in [0.29, 0.717) is 23.3 Å². The molecule has 1 aliphatic rings. The van der Waals surface area contributed by atoms with Gasteiger partial charge in [-0.25, -0.2) is 14.6 Å². The number of halogens is 4. The first-order valence-corrected chi connectivity index (χ1v) is 12.6. The Morgan fingerprint density at radius 1 is 0.951 bits per heavy atom. The molecule has 2 heterocycles. The lowest BCUT2D eigenvalue weighted by atomic mass is 10.0. The minimum Gasteiger partial charge on any atom is -0.475 e. The number of carbonyl (C=O) groups is 2. The molecule has 41 heavy (non-hydrogen) atoms. The molecule has 0 aliphatic carbocycles. The van der Waals surface area contributed by atoms with Crippen LogP contribution in [-0.2, 0) is 24.2 Å². The Balaban J connectivity index is 0.000000493. The third-order valence-corrected chi connectivity index (χ3v) is 6.04. The van der Waals surface area contributed by atoms with Gasteiger partial charge < -0.3 is 26.4 Å². The van der Waals surface area contributed by atoms with Gasteiger partial charge in [0, 0.05) is 23.6 Å². The number of carbonyl (C=O) groups excluding carboxylic acids is 1. The monoisotopic (exact) mass is 584 g/mol. The normalized spacial score (nSPS) is 12.0. The predicted octanol–water partition coefficient (Wildman–Crippen LogP) is 6.67. The topological polar surface area (TPSA) is 128 Å². The molecule has 0 unspecified atom stereocenters. The molecule has 2 amide bonds. The summed E-state index contributed by atoms with van der Waals surface area (Å²) < 4.78 is 31.7. The van der Waals surface area contributed by atoms with E-state index in [1.165, 1.54) is 0 Å². The van der Waals surface area contributed by atoms with E-state index in [-0.39, 0.29) is 6.03 Å². The van der Waals surface area contributed by atoms with Crippen LogP contribution in [-0.4, -0.2) is 33.3 Å². The molecule has 0 atom stereocenters. The van der Waals surface area contributed by atoms with Gasteiger partial charge in [-0.2, -0.15) is 18.2 Å². The van der Waals surface area contributed by atoms with Crippen LogP contribution in [0, 0.1) is 0 Å². The zero-order valence-corrected chi connectivity index (χ0v) is 22.1. The number of carboxylic acid groups (broad SMARTS) is 1. The lowest BCUT2D eigenvalue weighted by molar-refractivity contribution is -0.192. The third-order valence-electron chi connectivity index (χ3n) is 5.76. The zero-order valence-electron chi connectivity index (χ0n) is 21.3. The molecule has 5 rings (SSSR count). The largest absolute Gasteiger partial charge is 0.490 e. The van der Waals surface area contributed by atoms with E-state index >= 15 is 0 Å². The minimum atomic E-state index is -5.08. The first-order valence-electron chi connectivity index (χ1n) is 12.2. The molecule has 1 aliphatic heterocycles. The first kappa shape index (κ1) is 29.2. The second-order valence-electron chi connectivity index (χ2n) is 8.81. The van der Waals surface area contributed by atoms with Gasteiger partial charge in [-0.05, 0) is 59.9 Å². The maximum atomic E-state index is 12.6. The van der Waals surface area contributed by atoms with Gasteiger partial charge >= 0.3 is 18.2 Å². The van der Waals surface area contributed by atoms with Crippen LogP contribution < -0.4 is 21.3 Å². The van der Waals surface area contributed by atoms with E-state index in [9.17, 15) is 18.0 Å². The number of aromatic nitrogens is 2. The van der Waals surface area contributed by atoms with Crippen molar-refractivity contribution in [3.8, 4) is 0 Å². The summed E-state index contributed by atoms with van der Waals surface area (Å²) in [5.41, 5.74) is 5.68. The maximum absolute atomic E-state index is 12.6. The highest BCUT2D eigenvalue weighted by molar-refractivity contribution is 6.32. The van der Waals surface area contributed by atoms with Gasteiger partial charge in [0.15, 0.2) is 5.82 Å². The molecule has 9 nitrogen and oxygen atoms in total. The SMILES string of the molecule is O=C(NCc1ccccc1)Nc1ccc2cc1CCc1cccc(c1)Nc1ncc(Cl)c(n1)N2.O=C(O)C(F)(F)F. The number of anilines is 5. The fourth-order valence-electron chi connectivity index (χ4n) is 3.81. The summed E-state index contributed by atoms with van der Waals surface area (Å²) in [6, 6.07) is 23.5. The van der Waals surface area contributed by atoms with Crippen molar-refractivity contribution in [2.45, 2.75) is 25.6 Å². The summed E-state index contributed by atoms with van der Waals surface area (Å²) >= 11 is 6.34. The van der Waals surface area contributed by atoms with Gasteiger partial charge in [-0.3, -0.25) is 0 Å². The fraction of sp³-hybridized carbons (Fsp3) is 0.143. The van der Waals surface area contributed by atoms with Crippen LogP contribution in [0.25, 0.3) is 0 Å². The number of amides is 2. The van der Waals surface area contributed by atoms with Crippen molar-refractivity contribution in [3.63, 3.8) is 0 Å². The number of nitrogens with zero attached hydrogens (tertiary/aromatic N) is 2. The van der Waals surface area contributed by atoms with Crippen molar-refractivity contribution in [1.29, 1.82) is 0 Å². The number of fused-ring (bicyclic) bond motifs is 6. The standard InChI is InChI=1S/C26H23ClN6O.C2HF3O2/c27-22-16-28-25-31-20-8-4-7-17(13-20)9-10-19-14-21(30-24(22)33-25)11-12-23(19)32-26(34)29-15-18-5-2-1-3-6-18;3-2(4,5)1(6)7/h1-8,11-14,16H,9-10,15H2,(H2,29,32,34)(H2,28,30,31,33);(H,6,7). The fourth-order valence-corrected chi connectivity index (χ4v) is 3.95. The molecule has 0 fully saturated rings. The number of hydrogen-bond donors (Lipinski definition) is 5. The summed E-state index contributed by atoms with van der Waals surface area (Å²) in [7, 11) is 0. The van der Waals surface area contributed by atoms with E-state index in [1.54, 1.807) is 6.20 Å². The van der Waals surface area contributed by atoms with Gasteiger partial charge in [0.1, 0.15) is 5.02 Å². The molecule has 1 aromatic heterocycles. The molecule has 13 heteroatoms. The van der Waals surface area contributed by atoms with Crippen molar-refractivity contribution in [3.05, 3.63) is 101 Å². The number of urea groups is 1. The highest BCUT2D eigenvalue weighted by Crippen LogP contribution is 2.29. The van der Waals surface area contributed by atoms with Crippen LogP contribution in [0.15, 0.2) is 79.0 Å². The van der Waals surface area contributed by atoms with Gasteiger partial charge in [0.05, 0.1) is 6.20 Å². The number of aliphatic carboxylic acids is 1. The van der Waals surface area contributed by atoms with Gasteiger partial charge in [0.25, 0.3) is 0 Å². The van der Waals surface area contributed by atoms with E-state index < -0.39 is 12.1 Å². The number of alkyl halides is 3. The van der Waals surface area contributed by atoms with Crippen LogP contribution in [0.5, 0.6) is 0 Å². The molecule has 0 saturated carbocycles. The van der Waals surface area contributed by atoms with Crippen LogP contribution >= 0.6 is 11.6 Å². The Bertz CT molecular complexity index is 1540. The summed E-state index contributed by atoms with van der Waals surface area (Å²) in [6.07, 6.45) is -1.97. The van der Waals surface area contributed by atoms with E-state index in [1.807, 2.05) is 60.7 Å².